The lowest BCUT2D eigenvalue weighted by Gasteiger charge is -2.27. The molecule has 1 aromatic carbocycles. The maximum atomic E-state index is 12.6. The van der Waals surface area contributed by atoms with Crippen molar-refractivity contribution in [2.24, 2.45) is 0 Å². The van der Waals surface area contributed by atoms with Gasteiger partial charge in [-0.05, 0) is 18.2 Å². The molecule has 0 saturated heterocycles. The number of carbonyl (C=O) groups is 1. The number of hydrogen-bond donors (Lipinski definition) is 0. The number of amides is 1. The van der Waals surface area contributed by atoms with Crippen molar-refractivity contribution in [3.05, 3.63) is 64.3 Å². The Hall–Kier alpha value is -2.89. The fourth-order valence-corrected chi connectivity index (χ4v) is 2.74. The van der Waals surface area contributed by atoms with Gasteiger partial charge in [0, 0.05) is 18.1 Å². The van der Waals surface area contributed by atoms with Crippen molar-refractivity contribution in [1.29, 1.82) is 0 Å². The minimum absolute atomic E-state index is 0.0756. The number of para-hydroxylation sites is 1. The second-order valence-corrected chi connectivity index (χ2v) is 5.26. The van der Waals surface area contributed by atoms with Crippen LogP contribution in [0.25, 0.3) is 11.0 Å². The summed E-state index contributed by atoms with van der Waals surface area (Å²) in [5, 5.41) is 4.92. The highest BCUT2D eigenvalue weighted by molar-refractivity contribution is 5.96. The molecule has 3 aromatic rings. The van der Waals surface area contributed by atoms with Crippen LogP contribution in [0, 0.1) is 0 Å². The first kappa shape index (κ1) is 12.8. The smallest absolute Gasteiger partial charge is 0.349 e. The van der Waals surface area contributed by atoms with E-state index in [4.69, 9.17) is 4.42 Å². The predicted molar refractivity (Wildman–Crippen MR) is 79.5 cm³/mol. The van der Waals surface area contributed by atoms with Crippen molar-refractivity contribution >= 4 is 16.9 Å². The molecule has 4 rings (SSSR count). The summed E-state index contributed by atoms with van der Waals surface area (Å²) >= 11 is 0. The van der Waals surface area contributed by atoms with Crippen molar-refractivity contribution in [1.82, 2.24) is 14.7 Å². The van der Waals surface area contributed by atoms with Gasteiger partial charge in [0.1, 0.15) is 11.1 Å². The largest absolute Gasteiger partial charge is 0.422 e. The Morgan fingerprint density at radius 3 is 2.95 bits per heavy atom. The number of carbonyl (C=O) groups excluding carboxylic acids is 1. The van der Waals surface area contributed by atoms with Crippen molar-refractivity contribution in [2.45, 2.75) is 13.1 Å². The van der Waals surface area contributed by atoms with Crippen LogP contribution >= 0.6 is 0 Å². The SMILES string of the molecule is O=C(c1cc2ccccc2oc1=O)N1CCn2nccc2C1. The predicted octanol–water partition coefficient (Wildman–Crippen LogP) is 1.65. The summed E-state index contributed by atoms with van der Waals surface area (Å²) in [6, 6.07) is 10.6. The third-order valence-electron chi connectivity index (χ3n) is 3.90. The van der Waals surface area contributed by atoms with Crippen molar-refractivity contribution < 1.29 is 9.21 Å². The minimum Gasteiger partial charge on any atom is -0.422 e. The number of hydrogen-bond acceptors (Lipinski definition) is 4. The van der Waals surface area contributed by atoms with Crippen LogP contribution in [0.15, 0.2) is 51.8 Å². The Bertz CT molecular complexity index is 926. The highest BCUT2D eigenvalue weighted by Gasteiger charge is 2.24. The van der Waals surface area contributed by atoms with E-state index in [1.165, 1.54) is 0 Å². The molecule has 0 N–H and O–H groups in total. The first-order valence-electron chi connectivity index (χ1n) is 7.05. The van der Waals surface area contributed by atoms with E-state index in [2.05, 4.69) is 5.10 Å². The molecule has 0 unspecified atom stereocenters. The second kappa shape index (κ2) is 4.84. The van der Waals surface area contributed by atoms with E-state index in [9.17, 15) is 9.59 Å². The van der Waals surface area contributed by atoms with E-state index in [-0.39, 0.29) is 11.5 Å². The average Bonchev–Trinajstić information content (AvgIpc) is 3.01. The minimum atomic E-state index is -0.595. The topological polar surface area (TPSA) is 68.3 Å². The number of fused-ring (bicyclic) bond motifs is 2. The Morgan fingerprint density at radius 2 is 2.05 bits per heavy atom. The molecule has 6 nitrogen and oxygen atoms in total. The first-order valence-corrected chi connectivity index (χ1v) is 7.05. The average molecular weight is 295 g/mol. The molecule has 1 aliphatic heterocycles. The third-order valence-corrected chi connectivity index (χ3v) is 3.90. The number of aromatic nitrogens is 2. The van der Waals surface area contributed by atoms with E-state index in [0.717, 1.165) is 11.1 Å². The van der Waals surface area contributed by atoms with Crippen LogP contribution in [0.2, 0.25) is 0 Å². The van der Waals surface area contributed by atoms with Crippen LogP contribution < -0.4 is 5.63 Å². The van der Waals surface area contributed by atoms with Gasteiger partial charge >= 0.3 is 5.63 Å². The molecule has 1 aliphatic rings. The van der Waals surface area contributed by atoms with Crippen molar-refractivity contribution in [2.75, 3.05) is 6.54 Å². The molecule has 0 saturated carbocycles. The molecule has 0 bridgehead atoms. The Kier molecular flexibility index (Phi) is 2.82. The lowest BCUT2D eigenvalue weighted by molar-refractivity contribution is 0.0702. The molecule has 6 heteroatoms. The number of rotatable bonds is 1. The molecule has 0 aliphatic carbocycles. The summed E-state index contributed by atoms with van der Waals surface area (Å²) in [5.74, 6) is -0.299. The molecule has 2 aromatic heterocycles. The molecular weight excluding hydrogens is 282 g/mol. The Balaban J connectivity index is 1.71. The molecule has 22 heavy (non-hydrogen) atoms. The van der Waals surface area contributed by atoms with Crippen LogP contribution in [0.1, 0.15) is 16.1 Å². The van der Waals surface area contributed by atoms with Gasteiger partial charge < -0.3 is 9.32 Å². The summed E-state index contributed by atoms with van der Waals surface area (Å²) in [7, 11) is 0. The maximum absolute atomic E-state index is 12.6. The van der Waals surface area contributed by atoms with E-state index in [1.54, 1.807) is 29.3 Å². The fourth-order valence-electron chi connectivity index (χ4n) is 2.74. The summed E-state index contributed by atoms with van der Waals surface area (Å²) in [6.45, 7) is 1.61. The van der Waals surface area contributed by atoms with Gasteiger partial charge in [0.15, 0.2) is 0 Å². The van der Waals surface area contributed by atoms with Gasteiger partial charge in [-0.15, -0.1) is 0 Å². The highest BCUT2D eigenvalue weighted by atomic mass is 16.4. The number of benzene rings is 1. The van der Waals surface area contributed by atoms with E-state index in [1.807, 2.05) is 22.9 Å². The zero-order chi connectivity index (χ0) is 15.1. The Labute approximate surface area is 125 Å². The van der Waals surface area contributed by atoms with Gasteiger partial charge in [0.05, 0.1) is 18.8 Å². The van der Waals surface area contributed by atoms with Gasteiger partial charge in [-0.2, -0.15) is 5.10 Å². The first-order chi connectivity index (χ1) is 10.7. The molecule has 0 fully saturated rings. The van der Waals surface area contributed by atoms with Crippen LogP contribution in [0.3, 0.4) is 0 Å². The summed E-state index contributed by atoms with van der Waals surface area (Å²) in [6.07, 6.45) is 1.72. The van der Waals surface area contributed by atoms with Gasteiger partial charge in [-0.25, -0.2) is 4.79 Å². The zero-order valence-corrected chi connectivity index (χ0v) is 11.7. The van der Waals surface area contributed by atoms with Gasteiger partial charge in [0.25, 0.3) is 5.91 Å². The molecule has 0 spiro atoms. The third kappa shape index (κ3) is 2.00. The molecule has 0 radical (unpaired) electrons. The maximum Gasteiger partial charge on any atom is 0.349 e. The summed E-state index contributed by atoms with van der Waals surface area (Å²) in [4.78, 5) is 26.4. The lowest BCUT2D eigenvalue weighted by Crippen LogP contribution is -2.40. The molecule has 1 amide bonds. The van der Waals surface area contributed by atoms with E-state index in [0.29, 0.717) is 25.2 Å². The highest BCUT2D eigenvalue weighted by Crippen LogP contribution is 2.16. The normalized spacial score (nSPS) is 14.1. The van der Waals surface area contributed by atoms with Crippen LogP contribution in [0.4, 0.5) is 0 Å². The van der Waals surface area contributed by atoms with Crippen LogP contribution in [-0.2, 0) is 13.1 Å². The van der Waals surface area contributed by atoms with Gasteiger partial charge in [-0.1, -0.05) is 18.2 Å². The van der Waals surface area contributed by atoms with Crippen LogP contribution in [0.5, 0.6) is 0 Å². The zero-order valence-electron chi connectivity index (χ0n) is 11.7. The van der Waals surface area contributed by atoms with Gasteiger partial charge in [-0.3, -0.25) is 9.48 Å². The van der Waals surface area contributed by atoms with Gasteiger partial charge in [0.2, 0.25) is 0 Å². The van der Waals surface area contributed by atoms with E-state index >= 15 is 0 Å². The fraction of sp³-hybridized carbons (Fsp3) is 0.188. The number of nitrogens with zero attached hydrogens (tertiary/aromatic N) is 3. The second-order valence-electron chi connectivity index (χ2n) is 5.26. The molecule has 0 atom stereocenters. The standard InChI is InChI=1S/C16H13N3O3/c20-15(18-7-8-19-12(10-18)5-6-17-19)13-9-11-3-1-2-4-14(11)22-16(13)21/h1-6,9H,7-8,10H2. The van der Waals surface area contributed by atoms with Crippen molar-refractivity contribution in [3.63, 3.8) is 0 Å². The molecule has 3 heterocycles. The quantitative estimate of drug-likeness (QED) is 0.640. The van der Waals surface area contributed by atoms with E-state index < -0.39 is 5.63 Å². The van der Waals surface area contributed by atoms with Crippen LogP contribution in [-0.4, -0.2) is 27.1 Å². The summed E-state index contributed by atoms with van der Waals surface area (Å²) in [5.41, 5.74) is 0.931. The molecular formula is C16H13N3O3. The summed E-state index contributed by atoms with van der Waals surface area (Å²) < 4.78 is 7.11. The van der Waals surface area contributed by atoms with Crippen molar-refractivity contribution in [3.8, 4) is 0 Å². The Morgan fingerprint density at radius 1 is 1.18 bits per heavy atom. The lowest BCUT2D eigenvalue weighted by atomic mass is 10.1. The molecule has 110 valence electrons. The monoisotopic (exact) mass is 295 g/mol.